The van der Waals surface area contributed by atoms with Crippen molar-refractivity contribution in [1.29, 1.82) is 0 Å². The Kier molecular flexibility index (Phi) is 7.03. The van der Waals surface area contributed by atoms with Gasteiger partial charge in [0.2, 0.25) is 0 Å². The van der Waals surface area contributed by atoms with E-state index in [9.17, 15) is 40.5 Å². The summed E-state index contributed by atoms with van der Waals surface area (Å²) in [6, 6.07) is 1.27. The Morgan fingerprint density at radius 3 is 2.23 bits per heavy atom. The SMILES string of the molecule is Nc1ccn([C@@H]2O[C@@H](CO)[C@@H](O[C@H]3O[C@@H](CO)[C@@H](O)[C@@H](O)[C@H]3O)[C@@H](O)[C@H]2O)c(=O)n1. The summed E-state index contributed by atoms with van der Waals surface area (Å²) >= 11 is 0. The van der Waals surface area contributed by atoms with Crippen LogP contribution in [0, 0.1) is 0 Å². The molecule has 0 unspecified atom stereocenters. The molecule has 0 saturated carbocycles. The lowest BCUT2D eigenvalue weighted by Gasteiger charge is -2.46. The van der Waals surface area contributed by atoms with Gasteiger partial charge >= 0.3 is 5.69 Å². The minimum atomic E-state index is -1.77. The molecule has 30 heavy (non-hydrogen) atoms. The van der Waals surface area contributed by atoms with Crippen molar-refractivity contribution < 1.29 is 50.0 Å². The van der Waals surface area contributed by atoms with Crippen LogP contribution in [-0.4, -0.2) is 114 Å². The summed E-state index contributed by atoms with van der Waals surface area (Å²) in [6.45, 7) is -1.42. The third-order valence-electron chi connectivity index (χ3n) is 5.10. The molecule has 14 heteroatoms. The molecule has 2 saturated heterocycles. The molecular weight excluding hydrogens is 410 g/mol. The number of anilines is 1. The number of hydrogen-bond donors (Lipinski definition) is 8. The molecular formula is C16H25N3O11. The zero-order valence-corrected chi connectivity index (χ0v) is 15.6. The maximum atomic E-state index is 12.0. The number of hydrogen-bond acceptors (Lipinski definition) is 13. The highest BCUT2D eigenvalue weighted by atomic mass is 16.7. The lowest BCUT2D eigenvalue weighted by molar-refractivity contribution is -0.346. The molecule has 2 fully saturated rings. The van der Waals surface area contributed by atoms with E-state index in [1.54, 1.807) is 0 Å². The number of nitrogens with zero attached hydrogens (tertiary/aromatic N) is 2. The fourth-order valence-corrected chi connectivity index (χ4v) is 3.42. The van der Waals surface area contributed by atoms with Crippen molar-refractivity contribution in [1.82, 2.24) is 9.55 Å². The molecule has 10 atom stereocenters. The van der Waals surface area contributed by atoms with Gasteiger partial charge in [0.25, 0.3) is 0 Å². The van der Waals surface area contributed by atoms with Gasteiger partial charge in [0.05, 0.1) is 13.2 Å². The van der Waals surface area contributed by atoms with Crippen molar-refractivity contribution in [2.75, 3.05) is 18.9 Å². The predicted octanol–water partition coefficient (Wildman–Crippen LogP) is -5.38. The second kappa shape index (κ2) is 9.19. The van der Waals surface area contributed by atoms with Crippen molar-refractivity contribution in [3.05, 3.63) is 22.7 Å². The van der Waals surface area contributed by atoms with Crippen LogP contribution >= 0.6 is 0 Å². The van der Waals surface area contributed by atoms with Crippen LogP contribution in [-0.2, 0) is 14.2 Å². The third kappa shape index (κ3) is 4.19. The van der Waals surface area contributed by atoms with Gasteiger partial charge < -0.3 is 55.7 Å². The van der Waals surface area contributed by atoms with Crippen LogP contribution in [0.3, 0.4) is 0 Å². The number of nitrogen functional groups attached to an aromatic ring is 1. The lowest BCUT2D eigenvalue weighted by atomic mass is 9.96. The molecule has 14 nitrogen and oxygen atoms in total. The molecule has 0 radical (unpaired) electrons. The predicted molar refractivity (Wildman–Crippen MR) is 94.6 cm³/mol. The number of ether oxygens (including phenoxy) is 3. The number of aliphatic hydroxyl groups is 7. The molecule has 0 aliphatic carbocycles. The van der Waals surface area contributed by atoms with Crippen LogP contribution in [0.4, 0.5) is 5.82 Å². The van der Waals surface area contributed by atoms with Crippen molar-refractivity contribution in [2.45, 2.75) is 61.3 Å². The van der Waals surface area contributed by atoms with Crippen molar-refractivity contribution >= 4 is 5.82 Å². The fourth-order valence-electron chi connectivity index (χ4n) is 3.42. The van der Waals surface area contributed by atoms with E-state index in [-0.39, 0.29) is 5.82 Å². The zero-order chi connectivity index (χ0) is 22.2. The molecule has 2 aliphatic rings. The van der Waals surface area contributed by atoms with E-state index < -0.39 is 80.3 Å². The van der Waals surface area contributed by atoms with E-state index in [1.807, 2.05) is 0 Å². The Balaban J connectivity index is 1.80. The van der Waals surface area contributed by atoms with Crippen molar-refractivity contribution in [3.8, 4) is 0 Å². The molecule has 2 aliphatic heterocycles. The van der Waals surface area contributed by atoms with Crippen molar-refractivity contribution in [3.63, 3.8) is 0 Å². The highest BCUT2D eigenvalue weighted by Crippen LogP contribution is 2.32. The average molecular weight is 435 g/mol. The Hall–Kier alpha value is -1.72. The summed E-state index contributed by atoms with van der Waals surface area (Å²) in [5, 5.41) is 69.7. The first-order valence-corrected chi connectivity index (χ1v) is 9.12. The second-order valence-electron chi connectivity index (χ2n) is 7.07. The first-order chi connectivity index (χ1) is 14.2. The zero-order valence-electron chi connectivity index (χ0n) is 15.6. The number of aliphatic hydroxyl groups excluding tert-OH is 7. The number of aromatic nitrogens is 2. The summed E-state index contributed by atoms with van der Waals surface area (Å²) in [7, 11) is 0. The van der Waals surface area contributed by atoms with E-state index in [0.29, 0.717) is 0 Å². The Bertz CT molecular complexity index is 775. The first kappa shape index (κ1) is 23.0. The summed E-state index contributed by atoms with van der Waals surface area (Å²) in [5.74, 6) is -0.0652. The number of nitrogens with two attached hydrogens (primary N) is 1. The third-order valence-corrected chi connectivity index (χ3v) is 5.10. The topological polar surface area (TPSA) is 230 Å². The smallest absolute Gasteiger partial charge is 0.351 e. The largest absolute Gasteiger partial charge is 0.394 e. The second-order valence-corrected chi connectivity index (χ2v) is 7.07. The standard InChI is InChI=1S/C16H25N3O11/c17-7-1-2-19(16(27)18-7)14-11(25)10(24)13(6(4-21)28-14)30-15-12(26)9(23)8(22)5(3-20)29-15/h1-2,5-6,8-15,20-26H,3-4H2,(H2,17,18,27)/t5-,6-,8+,9+,10-,11+,12+,13+,14+,15+/m0/s1. The van der Waals surface area contributed by atoms with Crippen LogP contribution in [0.2, 0.25) is 0 Å². The van der Waals surface area contributed by atoms with E-state index in [4.69, 9.17) is 19.9 Å². The van der Waals surface area contributed by atoms with Gasteiger partial charge in [-0.25, -0.2) is 4.79 Å². The molecule has 9 N–H and O–H groups in total. The Labute approximate surface area is 169 Å². The quantitative estimate of drug-likeness (QED) is 0.216. The molecule has 1 aromatic heterocycles. The van der Waals surface area contributed by atoms with Gasteiger partial charge in [-0.3, -0.25) is 4.57 Å². The molecule has 0 bridgehead atoms. The summed E-state index contributed by atoms with van der Waals surface area (Å²) < 4.78 is 17.0. The Morgan fingerprint density at radius 2 is 1.63 bits per heavy atom. The van der Waals surface area contributed by atoms with Gasteiger partial charge in [0, 0.05) is 6.20 Å². The van der Waals surface area contributed by atoms with Crippen LogP contribution in [0.25, 0.3) is 0 Å². The molecule has 0 spiro atoms. The van der Waals surface area contributed by atoms with Gasteiger partial charge in [0.15, 0.2) is 12.5 Å². The van der Waals surface area contributed by atoms with Crippen LogP contribution in [0.15, 0.2) is 17.1 Å². The average Bonchev–Trinajstić information content (AvgIpc) is 2.72. The molecule has 170 valence electrons. The maximum Gasteiger partial charge on any atom is 0.351 e. The van der Waals surface area contributed by atoms with E-state index in [0.717, 1.165) is 4.57 Å². The van der Waals surface area contributed by atoms with Gasteiger partial charge in [0.1, 0.15) is 54.6 Å². The van der Waals surface area contributed by atoms with Crippen LogP contribution in [0.1, 0.15) is 6.23 Å². The highest BCUT2D eigenvalue weighted by molar-refractivity contribution is 5.23. The van der Waals surface area contributed by atoms with Gasteiger partial charge in [-0.15, -0.1) is 0 Å². The first-order valence-electron chi connectivity index (χ1n) is 9.12. The monoisotopic (exact) mass is 435 g/mol. The van der Waals surface area contributed by atoms with Crippen molar-refractivity contribution in [2.24, 2.45) is 0 Å². The maximum absolute atomic E-state index is 12.0. The fraction of sp³-hybridized carbons (Fsp3) is 0.750. The van der Waals surface area contributed by atoms with E-state index >= 15 is 0 Å². The van der Waals surface area contributed by atoms with Gasteiger partial charge in [-0.2, -0.15) is 4.98 Å². The lowest BCUT2D eigenvalue weighted by Crippen LogP contribution is -2.64. The van der Waals surface area contributed by atoms with Gasteiger partial charge in [-0.05, 0) is 6.07 Å². The minimum absolute atomic E-state index is 0.0652. The summed E-state index contributed by atoms with van der Waals surface area (Å²) in [4.78, 5) is 15.5. The molecule has 1 aromatic rings. The Morgan fingerprint density at radius 1 is 0.967 bits per heavy atom. The molecule has 3 rings (SSSR count). The molecule has 0 amide bonds. The summed E-state index contributed by atoms with van der Waals surface area (Å²) in [5.41, 5.74) is 4.56. The van der Waals surface area contributed by atoms with Crippen LogP contribution < -0.4 is 11.4 Å². The van der Waals surface area contributed by atoms with E-state index in [1.165, 1.54) is 12.3 Å². The highest BCUT2D eigenvalue weighted by Gasteiger charge is 2.50. The van der Waals surface area contributed by atoms with E-state index in [2.05, 4.69) is 4.98 Å². The number of rotatable bonds is 5. The van der Waals surface area contributed by atoms with Crippen LogP contribution in [0.5, 0.6) is 0 Å². The normalized spacial score (nSPS) is 42.2. The minimum Gasteiger partial charge on any atom is -0.394 e. The van der Waals surface area contributed by atoms with Gasteiger partial charge in [-0.1, -0.05) is 0 Å². The summed E-state index contributed by atoms with van der Waals surface area (Å²) in [6.07, 6.45) is -14.5. The molecule has 3 heterocycles. The molecule has 0 aromatic carbocycles.